The van der Waals surface area contributed by atoms with Gasteiger partial charge in [-0.3, -0.25) is 9.59 Å². The van der Waals surface area contributed by atoms with Crippen molar-refractivity contribution in [1.82, 2.24) is 20.5 Å². The van der Waals surface area contributed by atoms with Crippen LogP contribution in [0.2, 0.25) is 0 Å². The lowest BCUT2D eigenvalue weighted by Crippen LogP contribution is -2.26. The Hall–Kier alpha value is -1.87. The van der Waals surface area contributed by atoms with Crippen molar-refractivity contribution in [1.29, 1.82) is 0 Å². The van der Waals surface area contributed by atoms with E-state index in [0.29, 0.717) is 6.54 Å². The number of rotatable bonds is 7. The van der Waals surface area contributed by atoms with Crippen molar-refractivity contribution in [2.45, 2.75) is 17.7 Å². The summed E-state index contributed by atoms with van der Waals surface area (Å²) in [7, 11) is 1.40. The predicted octanol–water partition coefficient (Wildman–Crippen LogP) is 1.46. The molecule has 0 fully saturated rings. The second-order valence-corrected chi connectivity index (χ2v) is 6.85. The number of nitrogens with zero attached hydrogens (tertiary/aromatic N) is 2. The van der Waals surface area contributed by atoms with Gasteiger partial charge in [0, 0.05) is 24.6 Å². The van der Waals surface area contributed by atoms with Gasteiger partial charge in [-0.25, -0.2) is 0 Å². The molecule has 0 bridgehead atoms. The van der Waals surface area contributed by atoms with E-state index in [-0.39, 0.29) is 22.8 Å². The first-order valence-electron chi connectivity index (χ1n) is 6.58. The van der Waals surface area contributed by atoms with Gasteiger partial charge in [-0.15, -0.1) is 10.2 Å². The van der Waals surface area contributed by atoms with Gasteiger partial charge in [-0.1, -0.05) is 23.1 Å². The summed E-state index contributed by atoms with van der Waals surface area (Å²) in [5.74, 6) is 0.713. The van der Waals surface area contributed by atoms with Crippen LogP contribution in [0, 0.1) is 6.92 Å². The van der Waals surface area contributed by atoms with E-state index in [1.807, 2.05) is 6.92 Å². The van der Waals surface area contributed by atoms with Crippen molar-refractivity contribution in [3.63, 3.8) is 0 Å². The summed E-state index contributed by atoms with van der Waals surface area (Å²) < 4.78 is 5.78. The molecule has 0 radical (unpaired) electrons. The Morgan fingerprint density at radius 3 is 2.95 bits per heavy atom. The highest BCUT2D eigenvalue weighted by Crippen LogP contribution is 2.21. The number of H-pyrrole nitrogens is 1. The number of amides is 1. The van der Waals surface area contributed by atoms with Crippen LogP contribution in [-0.2, 0) is 0 Å². The average Bonchev–Trinajstić information content (AvgIpc) is 2.92. The van der Waals surface area contributed by atoms with E-state index >= 15 is 0 Å². The van der Waals surface area contributed by atoms with Crippen LogP contribution in [-0.4, -0.2) is 40.5 Å². The number of ether oxygens (including phenoxy) is 1. The first kappa shape index (κ1) is 16.5. The SMILES string of the molecule is COc1c[nH]c(C(=O)NCCCSc2nnc(C)s2)cc1=O. The molecule has 9 heteroatoms. The van der Waals surface area contributed by atoms with Crippen molar-refractivity contribution < 1.29 is 9.53 Å². The highest BCUT2D eigenvalue weighted by molar-refractivity contribution is 8.01. The Labute approximate surface area is 135 Å². The molecular weight excluding hydrogens is 324 g/mol. The Kier molecular flexibility index (Phi) is 5.96. The fourth-order valence-corrected chi connectivity index (χ4v) is 3.44. The highest BCUT2D eigenvalue weighted by atomic mass is 32.2. The first-order valence-corrected chi connectivity index (χ1v) is 8.38. The summed E-state index contributed by atoms with van der Waals surface area (Å²) in [6.07, 6.45) is 2.18. The van der Waals surface area contributed by atoms with E-state index in [0.717, 1.165) is 21.5 Å². The third kappa shape index (κ3) is 4.57. The topological polar surface area (TPSA) is 97.0 Å². The Bertz CT molecular complexity index is 699. The Morgan fingerprint density at radius 2 is 2.32 bits per heavy atom. The monoisotopic (exact) mass is 340 g/mol. The van der Waals surface area contributed by atoms with Crippen LogP contribution in [0.3, 0.4) is 0 Å². The summed E-state index contributed by atoms with van der Waals surface area (Å²) in [5.41, 5.74) is -0.105. The molecule has 7 nitrogen and oxygen atoms in total. The summed E-state index contributed by atoms with van der Waals surface area (Å²) >= 11 is 3.17. The number of thioether (sulfide) groups is 1. The summed E-state index contributed by atoms with van der Waals surface area (Å²) in [6, 6.07) is 1.23. The lowest BCUT2D eigenvalue weighted by Gasteiger charge is -2.05. The van der Waals surface area contributed by atoms with Crippen molar-refractivity contribution in [2.24, 2.45) is 0 Å². The van der Waals surface area contributed by atoms with Gasteiger partial charge in [-0.2, -0.15) is 0 Å². The number of aromatic nitrogens is 3. The zero-order chi connectivity index (χ0) is 15.9. The molecular formula is C13H16N4O3S2. The number of hydrogen-bond acceptors (Lipinski definition) is 7. The van der Waals surface area contributed by atoms with Gasteiger partial charge in [0.05, 0.1) is 7.11 Å². The highest BCUT2D eigenvalue weighted by Gasteiger charge is 2.08. The zero-order valence-electron chi connectivity index (χ0n) is 12.2. The minimum atomic E-state index is -0.325. The van der Waals surface area contributed by atoms with E-state index in [1.54, 1.807) is 23.1 Å². The van der Waals surface area contributed by atoms with Crippen molar-refractivity contribution in [3.8, 4) is 5.75 Å². The molecule has 1 amide bonds. The largest absolute Gasteiger partial charge is 0.491 e. The molecule has 0 aliphatic carbocycles. The third-order valence-corrected chi connectivity index (χ3v) is 4.74. The van der Waals surface area contributed by atoms with E-state index in [2.05, 4.69) is 20.5 Å². The predicted molar refractivity (Wildman–Crippen MR) is 85.9 cm³/mol. The summed E-state index contributed by atoms with van der Waals surface area (Å²) in [4.78, 5) is 26.2. The van der Waals surface area contributed by atoms with Crippen LogP contribution in [0.5, 0.6) is 5.75 Å². The minimum absolute atomic E-state index is 0.181. The molecule has 2 rings (SSSR count). The van der Waals surface area contributed by atoms with Gasteiger partial charge in [0.15, 0.2) is 10.1 Å². The van der Waals surface area contributed by atoms with Gasteiger partial charge in [0.1, 0.15) is 10.7 Å². The van der Waals surface area contributed by atoms with E-state index in [9.17, 15) is 9.59 Å². The maximum atomic E-state index is 11.9. The smallest absolute Gasteiger partial charge is 0.267 e. The van der Waals surface area contributed by atoms with Crippen LogP contribution in [0.25, 0.3) is 0 Å². The number of carbonyl (C=O) groups is 1. The molecule has 0 aliphatic rings. The number of aryl methyl sites for hydroxylation is 1. The van der Waals surface area contributed by atoms with Crippen molar-refractivity contribution in [3.05, 3.63) is 33.2 Å². The van der Waals surface area contributed by atoms with Gasteiger partial charge >= 0.3 is 0 Å². The van der Waals surface area contributed by atoms with Crippen LogP contribution in [0.4, 0.5) is 0 Å². The molecule has 2 aromatic rings. The molecule has 0 saturated carbocycles. The van der Waals surface area contributed by atoms with Crippen LogP contribution in [0.1, 0.15) is 21.9 Å². The molecule has 22 heavy (non-hydrogen) atoms. The molecule has 0 unspecified atom stereocenters. The fourth-order valence-electron chi connectivity index (χ4n) is 1.61. The fraction of sp³-hybridized carbons (Fsp3) is 0.385. The molecule has 2 N–H and O–H groups in total. The maximum absolute atomic E-state index is 11.9. The van der Waals surface area contributed by atoms with Crippen LogP contribution < -0.4 is 15.5 Å². The first-order chi connectivity index (χ1) is 10.6. The quantitative estimate of drug-likeness (QED) is 0.585. The van der Waals surface area contributed by atoms with Gasteiger partial charge < -0.3 is 15.0 Å². The van der Waals surface area contributed by atoms with Crippen LogP contribution >= 0.6 is 23.1 Å². The molecule has 118 valence electrons. The zero-order valence-corrected chi connectivity index (χ0v) is 13.8. The number of nitrogens with one attached hydrogen (secondary N) is 2. The molecule has 0 aliphatic heterocycles. The van der Waals surface area contributed by atoms with Gasteiger partial charge in [0.2, 0.25) is 5.43 Å². The lowest BCUT2D eigenvalue weighted by molar-refractivity contribution is 0.0948. The molecule has 0 saturated heterocycles. The van der Waals surface area contributed by atoms with E-state index in [1.165, 1.54) is 19.4 Å². The number of carbonyl (C=O) groups excluding carboxylic acids is 1. The lowest BCUT2D eigenvalue weighted by atomic mass is 10.3. The summed E-state index contributed by atoms with van der Waals surface area (Å²) in [5, 5.41) is 11.7. The number of hydrogen-bond donors (Lipinski definition) is 2. The van der Waals surface area contributed by atoms with E-state index in [4.69, 9.17) is 4.74 Å². The van der Waals surface area contributed by atoms with Crippen molar-refractivity contribution in [2.75, 3.05) is 19.4 Å². The molecule has 2 aromatic heterocycles. The van der Waals surface area contributed by atoms with E-state index < -0.39 is 0 Å². The molecule has 0 atom stereocenters. The maximum Gasteiger partial charge on any atom is 0.267 e. The standard InChI is InChI=1S/C13H16N4O3S2/c1-8-16-17-13(22-8)21-5-3-4-14-12(19)9-6-10(18)11(20-2)7-15-9/h6-7H,3-5H2,1-2H3,(H,14,19)(H,15,18). The second-order valence-electron chi connectivity index (χ2n) is 4.32. The number of pyridine rings is 1. The second kappa shape index (κ2) is 7.95. The van der Waals surface area contributed by atoms with Gasteiger partial charge in [0.25, 0.3) is 5.91 Å². The molecule has 0 aromatic carbocycles. The average molecular weight is 340 g/mol. The van der Waals surface area contributed by atoms with Gasteiger partial charge in [-0.05, 0) is 13.3 Å². The van der Waals surface area contributed by atoms with Crippen LogP contribution in [0.15, 0.2) is 21.4 Å². The summed E-state index contributed by atoms with van der Waals surface area (Å²) in [6.45, 7) is 2.44. The number of aromatic amines is 1. The molecule has 0 spiro atoms. The minimum Gasteiger partial charge on any atom is -0.491 e. The van der Waals surface area contributed by atoms with Crippen molar-refractivity contribution >= 4 is 29.0 Å². The number of methoxy groups -OCH3 is 1. The third-order valence-electron chi connectivity index (χ3n) is 2.68. The molecule has 2 heterocycles. The Morgan fingerprint density at radius 1 is 1.50 bits per heavy atom. The normalized spacial score (nSPS) is 10.5. The Balaban J connectivity index is 1.73.